The van der Waals surface area contributed by atoms with Crippen molar-refractivity contribution in [3.63, 3.8) is 0 Å². The first-order chi connectivity index (χ1) is 9.76. The molecule has 0 saturated heterocycles. The third-order valence-corrected chi connectivity index (χ3v) is 2.88. The molecule has 0 bridgehead atoms. The zero-order valence-electron chi connectivity index (χ0n) is 11.5. The molecule has 0 aliphatic heterocycles. The van der Waals surface area contributed by atoms with Gasteiger partial charge in [0.1, 0.15) is 30.1 Å². The highest BCUT2D eigenvalue weighted by Gasteiger charge is 2.06. The smallest absolute Gasteiger partial charge is 0.150 e. The molecule has 2 aromatic rings. The molecular weight excluding hydrogens is 256 g/mol. The molecule has 2 rings (SSSR count). The molecule has 0 atom stereocenters. The van der Waals surface area contributed by atoms with Crippen LogP contribution in [0.5, 0.6) is 17.2 Å². The van der Waals surface area contributed by atoms with Gasteiger partial charge in [-0.2, -0.15) is 0 Å². The molecule has 0 unspecified atom stereocenters. The second-order valence-corrected chi connectivity index (χ2v) is 4.16. The number of aldehydes is 1. The lowest BCUT2D eigenvalue weighted by molar-refractivity contribution is 0.112. The lowest BCUT2D eigenvalue weighted by Crippen LogP contribution is -2.00. The summed E-state index contributed by atoms with van der Waals surface area (Å²) in [6.45, 7) is 0.336. The molecule has 0 aliphatic carbocycles. The Morgan fingerprint density at radius 1 is 1.00 bits per heavy atom. The zero-order valence-corrected chi connectivity index (χ0v) is 11.5. The van der Waals surface area contributed by atoms with Gasteiger partial charge in [-0.05, 0) is 30.3 Å². The number of carbonyl (C=O) groups excluding carboxylic acids is 1. The normalized spacial score (nSPS) is 9.90. The fourth-order valence-electron chi connectivity index (χ4n) is 1.83. The maximum atomic E-state index is 10.7. The molecule has 20 heavy (non-hydrogen) atoms. The Labute approximate surface area is 117 Å². The maximum absolute atomic E-state index is 10.7. The van der Waals surface area contributed by atoms with Crippen LogP contribution in [0.25, 0.3) is 0 Å². The van der Waals surface area contributed by atoms with Crippen molar-refractivity contribution in [2.45, 2.75) is 6.61 Å². The average Bonchev–Trinajstić information content (AvgIpc) is 2.52. The van der Waals surface area contributed by atoms with Crippen molar-refractivity contribution in [2.75, 3.05) is 14.2 Å². The quantitative estimate of drug-likeness (QED) is 0.758. The van der Waals surface area contributed by atoms with Crippen molar-refractivity contribution in [3.05, 3.63) is 53.6 Å². The summed E-state index contributed by atoms with van der Waals surface area (Å²) in [6, 6.07) is 12.5. The number of hydrogen-bond donors (Lipinski definition) is 0. The lowest BCUT2D eigenvalue weighted by Gasteiger charge is -2.12. The van der Waals surface area contributed by atoms with Crippen LogP contribution in [0, 0.1) is 0 Å². The van der Waals surface area contributed by atoms with Crippen LogP contribution >= 0.6 is 0 Å². The summed E-state index contributed by atoms with van der Waals surface area (Å²) in [5.74, 6) is 2.11. The Bertz CT molecular complexity index is 593. The second kappa shape index (κ2) is 6.61. The maximum Gasteiger partial charge on any atom is 0.150 e. The fourth-order valence-corrected chi connectivity index (χ4v) is 1.83. The van der Waals surface area contributed by atoms with Gasteiger partial charge >= 0.3 is 0 Å². The summed E-state index contributed by atoms with van der Waals surface area (Å²) in [5, 5.41) is 0. The Morgan fingerprint density at radius 3 is 2.55 bits per heavy atom. The van der Waals surface area contributed by atoms with E-state index in [9.17, 15) is 4.79 Å². The van der Waals surface area contributed by atoms with Crippen molar-refractivity contribution in [1.29, 1.82) is 0 Å². The third kappa shape index (κ3) is 3.29. The minimum absolute atomic E-state index is 0.336. The van der Waals surface area contributed by atoms with E-state index >= 15 is 0 Å². The van der Waals surface area contributed by atoms with Gasteiger partial charge in [0.2, 0.25) is 0 Å². The molecule has 2 aromatic carbocycles. The minimum atomic E-state index is 0.336. The molecule has 0 aliphatic rings. The van der Waals surface area contributed by atoms with Crippen molar-refractivity contribution in [3.8, 4) is 17.2 Å². The second-order valence-electron chi connectivity index (χ2n) is 4.16. The largest absolute Gasteiger partial charge is 0.497 e. The third-order valence-electron chi connectivity index (χ3n) is 2.88. The summed E-state index contributed by atoms with van der Waals surface area (Å²) in [6.07, 6.45) is 0.791. The van der Waals surface area contributed by atoms with Crippen molar-refractivity contribution in [1.82, 2.24) is 0 Å². The van der Waals surface area contributed by atoms with Gasteiger partial charge in [-0.25, -0.2) is 0 Å². The zero-order chi connectivity index (χ0) is 14.4. The van der Waals surface area contributed by atoms with E-state index in [2.05, 4.69) is 0 Å². The highest BCUT2D eigenvalue weighted by molar-refractivity contribution is 5.75. The van der Waals surface area contributed by atoms with Crippen LogP contribution in [0.15, 0.2) is 42.5 Å². The SMILES string of the molecule is COc1ccc(OC)c(COc2cccc(C=O)c2)c1. The van der Waals surface area contributed by atoms with Gasteiger partial charge in [0.15, 0.2) is 0 Å². The van der Waals surface area contributed by atoms with Gasteiger partial charge in [-0.15, -0.1) is 0 Å². The molecule has 0 heterocycles. The number of carbonyl (C=O) groups is 1. The van der Waals surface area contributed by atoms with Crippen molar-refractivity contribution >= 4 is 6.29 Å². The van der Waals surface area contributed by atoms with E-state index in [1.54, 1.807) is 38.5 Å². The van der Waals surface area contributed by atoms with Gasteiger partial charge in [-0.3, -0.25) is 4.79 Å². The van der Waals surface area contributed by atoms with Gasteiger partial charge in [0, 0.05) is 11.1 Å². The summed E-state index contributed by atoms with van der Waals surface area (Å²) in [4.78, 5) is 10.7. The number of benzene rings is 2. The van der Waals surface area contributed by atoms with E-state index in [0.29, 0.717) is 17.9 Å². The van der Waals surface area contributed by atoms with Crippen molar-refractivity contribution < 1.29 is 19.0 Å². The number of ether oxygens (including phenoxy) is 3. The predicted octanol–water partition coefficient (Wildman–Crippen LogP) is 3.10. The van der Waals surface area contributed by atoms with Crippen LogP contribution in [-0.4, -0.2) is 20.5 Å². The van der Waals surface area contributed by atoms with Crippen LogP contribution in [0.1, 0.15) is 15.9 Å². The Kier molecular flexibility index (Phi) is 4.60. The molecule has 0 N–H and O–H groups in total. The predicted molar refractivity (Wildman–Crippen MR) is 75.7 cm³/mol. The molecule has 0 aromatic heterocycles. The number of rotatable bonds is 6. The Hall–Kier alpha value is -2.49. The van der Waals surface area contributed by atoms with Crippen LogP contribution in [-0.2, 0) is 6.61 Å². The topological polar surface area (TPSA) is 44.8 Å². The molecule has 0 fully saturated rings. The van der Waals surface area contributed by atoms with E-state index in [1.807, 2.05) is 18.2 Å². The Balaban J connectivity index is 2.14. The van der Waals surface area contributed by atoms with E-state index in [1.165, 1.54) is 0 Å². The molecule has 0 amide bonds. The summed E-state index contributed by atoms with van der Waals surface area (Å²) in [7, 11) is 3.22. The van der Waals surface area contributed by atoms with E-state index in [0.717, 1.165) is 23.3 Å². The minimum Gasteiger partial charge on any atom is -0.497 e. The number of hydrogen-bond acceptors (Lipinski definition) is 4. The van der Waals surface area contributed by atoms with Gasteiger partial charge in [0.25, 0.3) is 0 Å². The van der Waals surface area contributed by atoms with Crippen LogP contribution in [0.3, 0.4) is 0 Å². The highest BCUT2D eigenvalue weighted by atomic mass is 16.5. The molecule has 0 spiro atoms. The summed E-state index contributed by atoms with van der Waals surface area (Å²) < 4.78 is 16.2. The molecule has 4 nitrogen and oxygen atoms in total. The van der Waals surface area contributed by atoms with Gasteiger partial charge < -0.3 is 14.2 Å². The van der Waals surface area contributed by atoms with Crippen molar-refractivity contribution in [2.24, 2.45) is 0 Å². The van der Waals surface area contributed by atoms with Crippen LogP contribution < -0.4 is 14.2 Å². The molecular formula is C16H16O4. The first kappa shape index (κ1) is 13.9. The lowest BCUT2D eigenvalue weighted by atomic mass is 10.2. The molecule has 104 valence electrons. The summed E-state index contributed by atoms with van der Waals surface area (Å²) in [5.41, 5.74) is 1.46. The molecule has 0 saturated carbocycles. The van der Waals surface area contributed by atoms with Crippen LogP contribution in [0.4, 0.5) is 0 Å². The van der Waals surface area contributed by atoms with E-state index in [4.69, 9.17) is 14.2 Å². The fraction of sp³-hybridized carbons (Fsp3) is 0.188. The standard InChI is InChI=1S/C16H16O4/c1-18-14-6-7-16(19-2)13(9-14)11-20-15-5-3-4-12(8-15)10-17/h3-10H,11H2,1-2H3. The molecule has 4 heteroatoms. The highest BCUT2D eigenvalue weighted by Crippen LogP contribution is 2.25. The Morgan fingerprint density at radius 2 is 1.85 bits per heavy atom. The van der Waals surface area contributed by atoms with Gasteiger partial charge in [0.05, 0.1) is 14.2 Å². The van der Waals surface area contributed by atoms with Gasteiger partial charge in [-0.1, -0.05) is 12.1 Å². The number of methoxy groups -OCH3 is 2. The monoisotopic (exact) mass is 272 g/mol. The van der Waals surface area contributed by atoms with E-state index in [-0.39, 0.29) is 0 Å². The van der Waals surface area contributed by atoms with Crippen LogP contribution in [0.2, 0.25) is 0 Å². The van der Waals surface area contributed by atoms with E-state index < -0.39 is 0 Å². The first-order valence-electron chi connectivity index (χ1n) is 6.15. The summed E-state index contributed by atoms with van der Waals surface area (Å²) >= 11 is 0. The first-order valence-corrected chi connectivity index (χ1v) is 6.15. The average molecular weight is 272 g/mol. The molecule has 0 radical (unpaired) electrons.